The smallest absolute Gasteiger partial charge is 0.272 e. The Morgan fingerprint density at radius 2 is 1.35 bits per heavy atom. The van der Waals surface area contributed by atoms with Gasteiger partial charge in [0, 0.05) is 55.7 Å². The number of thioether (sulfide) groups is 1. The lowest BCUT2D eigenvalue weighted by atomic mass is 10.1. The number of aryl methyl sites for hydroxylation is 1. The zero-order valence-corrected chi connectivity index (χ0v) is 30.6. The summed E-state index contributed by atoms with van der Waals surface area (Å²) in [6, 6.07) is 47.3. The van der Waals surface area contributed by atoms with Gasteiger partial charge in [-0.05, 0) is 85.3 Å². The summed E-state index contributed by atoms with van der Waals surface area (Å²) >= 11 is 1.42. The number of rotatable bonds is 12. The Morgan fingerprint density at radius 1 is 0.704 bits per heavy atom. The maximum Gasteiger partial charge on any atom is 0.272 e. The second-order valence-corrected chi connectivity index (χ2v) is 13.7. The first-order chi connectivity index (χ1) is 26.4. The van der Waals surface area contributed by atoms with Gasteiger partial charge >= 0.3 is 0 Å². The van der Waals surface area contributed by atoms with Crippen LogP contribution in [0, 0.1) is 0 Å². The van der Waals surface area contributed by atoms with E-state index in [1.54, 1.807) is 61.7 Å². The Kier molecular flexibility index (Phi) is 10.9. The highest BCUT2D eigenvalue weighted by molar-refractivity contribution is 8.00. The standard InChI is InChI=1S/C45H38N4O4S/c1-3-49-39-20-12-11-19-36(39)37-29-34(24-27-40(37)49)47-45(52)42(30-14-6-4-7-15-30)54-35-25-22-33(23-26-35)46-44(51)38(28-32-18-10-13-21-41(32)53-2)48-43(50)31-16-8-5-9-17-31/h4-29,42H,3H2,1-2H3,(H,46,51)(H,47,52)(H,48,50)/b38-28-. The molecule has 54 heavy (non-hydrogen) atoms. The molecule has 0 spiro atoms. The molecule has 9 heteroatoms. The van der Waals surface area contributed by atoms with Crippen molar-refractivity contribution in [1.29, 1.82) is 0 Å². The van der Waals surface area contributed by atoms with E-state index in [4.69, 9.17) is 4.74 Å². The summed E-state index contributed by atoms with van der Waals surface area (Å²) in [6.45, 7) is 2.98. The van der Waals surface area contributed by atoms with E-state index in [0.717, 1.165) is 44.5 Å². The molecule has 7 rings (SSSR count). The van der Waals surface area contributed by atoms with E-state index in [9.17, 15) is 14.4 Å². The van der Waals surface area contributed by atoms with Crippen molar-refractivity contribution in [3.8, 4) is 5.75 Å². The van der Waals surface area contributed by atoms with Crippen LogP contribution >= 0.6 is 11.8 Å². The van der Waals surface area contributed by atoms with Gasteiger partial charge in [-0.1, -0.05) is 84.9 Å². The van der Waals surface area contributed by atoms with Crippen molar-refractivity contribution in [3.05, 3.63) is 174 Å². The van der Waals surface area contributed by atoms with Crippen LogP contribution in [0.5, 0.6) is 5.75 Å². The van der Waals surface area contributed by atoms with E-state index in [1.165, 1.54) is 11.8 Å². The number of fused-ring (bicyclic) bond motifs is 3. The van der Waals surface area contributed by atoms with E-state index >= 15 is 0 Å². The number of aromatic nitrogens is 1. The van der Waals surface area contributed by atoms with Gasteiger partial charge in [-0.3, -0.25) is 14.4 Å². The maximum absolute atomic E-state index is 14.0. The minimum absolute atomic E-state index is 0.0464. The first-order valence-corrected chi connectivity index (χ1v) is 18.5. The van der Waals surface area contributed by atoms with E-state index in [0.29, 0.717) is 22.6 Å². The lowest BCUT2D eigenvalue weighted by Gasteiger charge is -2.18. The molecule has 1 atom stereocenters. The molecule has 0 fully saturated rings. The molecule has 3 N–H and O–H groups in total. The van der Waals surface area contributed by atoms with Crippen LogP contribution in [0.15, 0.2) is 162 Å². The third-order valence-electron chi connectivity index (χ3n) is 9.03. The molecule has 0 radical (unpaired) electrons. The molecule has 1 heterocycles. The van der Waals surface area contributed by atoms with Gasteiger partial charge in [0.05, 0.1) is 7.11 Å². The highest BCUT2D eigenvalue weighted by Gasteiger charge is 2.23. The second-order valence-electron chi connectivity index (χ2n) is 12.5. The van der Waals surface area contributed by atoms with Crippen LogP contribution in [0.25, 0.3) is 27.9 Å². The van der Waals surface area contributed by atoms with E-state index < -0.39 is 17.1 Å². The Hall–Kier alpha value is -6.58. The summed E-state index contributed by atoms with van der Waals surface area (Å²) in [6.07, 6.45) is 1.59. The second kappa shape index (κ2) is 16.4. The Morgan fingerprint density at radius 3 is 2.09 bits per heavy atom. The fourth-order valence-electron chi connectivity index (χ4n) is 6.42. The van der Waals surface area contributed by atoms with E-state index in [1.807, 2.05) is 84.9 Å². The van der Waals surface area contributed by atoms with Crippen molar-refractivity contribution < 1.29 is 19.1 Å². The number of ether oxygens (including phenoxy) is 1. The zero-order chi connectivity index (χ0) is 37.4. The lowest BCUT2D eigenvalue weighted by molar-refractivity contribution is -0.116. The van der Waals surface area contributed by atoms with Crippen molar-refractivity contribution in [2.75, 3.05) is 17.7 Å². The number of nitrogens with zero attached hydrogens (tertiary/aromatic N) is 1. The largest absolute Gasteiger partial charge is 0.496 e. The van der Waals surface area contributed by atoms with Crippen LogP contribution in [0.1, 0.15) is 33.7 Å². The maximum atomic E-state index is 14.0. The number of benzene rings is 6. The van der Waals surface area contributed by atoms with Gasteiger partial charge in [0.1, 0.15) is 16.7 Å². The molecule has 1 aromatic heterocycles. The quantitative estimate of drug-likeness (QED) is 0.0859. The predicted octanol–water partition coefficient (Wildman–Crippen LogP) is 9.70. The Bertz CT molecular complexity index is 2480. The first kappa shape index (κ1) is 35.8. The van der Waals surface area contributed by atoms with E-state index in [-0.39, 0.29) is 11.6 Å². The minimum atomic E-state index is -0.553. The van der Waals surface area contributed by atoms with Crippen LogP contribution in [0.3, 0.4) is 0 Å². The monoisotopic (exact) mass is 730 g/mol. The van der Waals surface area contributed by atoms with Crippen molar-refractivity contribution in [2.45, 2.75) is 23.6 Å². The van der Waals surface area contributed by atoms with Crippen LogP contribution in [0.2, 0.25) is 0 Å². The van der Waals surface area contributed by atoms with Gasteiger partial charge in [-0.2, -0.15) is 0 Å². The number of anilines is 2. The van der Waals surface area contributed by atoms with Crippen LogP contribution in [0.4, 0.5) is 11.4 Å². The molecule has 0 saturated carbocycles. The number of nitrogens with one attached hydrogen (secondary N) is 3. The van der Waals surface area contributed by atoms with Gasteiger partial charge in [0.2, 0.25) is 5.91 Å². The fraction of sp³-hybridized carbons (Fsp3) is 0.0889. The predicted molar refractivity (Wildman–Crippen MR) is 219 cm³/mol. The summed E-state index contributed by atoms with van der Waals surface area (Å²) in [7, 11) is 1.55. The highest BCUT2D eigenvalue weighted by Crippen LogP contribution is 2.38. The lowest BCUT2D eigenvalue weighted by Crippen LogP contribution is -2.30. The number of carbonyl (C=O) groups is 3. The third-order valence-corrected chi connectivity index (χ3v) is 10.3. The number of methoxy groups -OCH3 is 1. The zero-order valence-electron chi connectivity index (χ0n) is 29.8. The van der Waals surface area contributed by atoms with Crippen LogP contribution in [-0.4, -0.2) is 29.4 Å². The number of hydrogen-bond donors (Lipinski definition) is 3. The summed E-state index contributed by atoms with van der Waals surface area (Å²) in [5.74, 6) is -0.523. The molecule has 0 saturated heterocycles. The van der Waals surface area contributed by atoms with Gasteiger partial charge < -0.3 is 25.3 Å². The van der Waals surface area contributed by atoms with Gasteiger partial charge in [-0.25, -0.2) is 0 Å². The molecule has 0 bridgehead atoms. The Labute approximate surface area is 317 Å². The SMILES string of the molecule is CCn1c2ccccc2c2cc(NC(=O)C(Sc3ccc(NC(=O)/C(=C/c4ccccc4OC)NC(=O)c4ccccc4)cc3)c3ccccc3)ccc21. The van der Waals surface area contributed by atoms with Crippen LogP contribution in [-0.2, 0) is 16.1 Å². The molecule has 7 aromatic rings. The van der Waals surface area contributed by atoms with Gasteiger partial charge in [0.25, 0.3) is 11.8 Å². The summed E-state index contributed by atoms with van der Waals surface area (Å²) in [5.41, 5.74) is 5.48. The highest BCUT2D eigenvalue weighted by atomic mass is 32.2. The molecular weight excluding hydrogens is 693 g/mol. The summed E-state index contributed by atoms with van der Waals surface area (Å²) in [5, 5.41) is 10.5. The minimum Gasteiger partial charge on any atom is -0.496 e. The Balaban J connectivity index is 1.10. The average molecular weight is 731 g/mol. The number of hydrogen-bond acceptors (Lipinski definition) is 5. The van der Waals surface area contributed by atoms with Crippen molar-refractivity contribution in [1.82, 2.24) is 9.88 Å². The number of para-hydroxylation sites is 2. The van der Waals surface area contributed by atoms with Crippen molar-refractivity contribution >= 4 is 68.7 Å². The first-order valence-electron chi connectivity index (χ1n) is 17.6. The molecule has 3 amide bonds. The number of carbonyl (C=O) groups excluding carboxylic acids is 3. The molecule has 268 valence electrons. The van der Waals surface area contributed by atoms with Gasteiger partial charge in [-0.15, -0.1) is 11.8 Å². The number of amides is 3. The molecule has 1 unspecified atom stereocenters. The normalized spacial score (nSPS) is 11.9. The van der Waals surface area contributed by atoms with Crippen LogP contribution < -0.4 is 20.7 Å². The average Bonchev–Trinajstić information content (AvgIpc) is 3.53. The summed E-state index contributed by atoms with van der Waals surface area (Å²) < 4.78 is 7.76. The third kappa shape index (κ3) is 7.91. The van der Waals surface area contributed by atoms with Crippen molar-refractivity contribution in [3.63, 3.8) is 0 Å². The molecule has 0 aliphatic carbocycles. The molecular formula is C45H38N4O4S. The molecule has 0 aliphatic rings. The summed E-state index contributed by atoms with van der Waals surface area (Å²) in [4.78, 5) is 41.6. The topological polar surface area (TPSA) is 101 Å². The van der Waals surface area contributed by atoms with Gasteiger partial charge in [0.15, 0.2) is 0 Å². The fourth-order valence-corrected chi connectivity index (χ4v) is 7.44. The molecule has 0 aliphatic heterocycles. The van der Waals surface area contributed by atoms with Crippen molar-refractivity contribution in [2.24, 2.45) is 0 Å². The van der Waals surface area contributed by atoms with E-state index in [2.05, 4.69) is 45.6 Å². The molecule has 8 nitrogen and oxygen atoms in total. The molecule has 6 aromatic carbocycles.